The lowest BCUT2D eigenvalue weighted by Crippen LogP contribution is -2.14. The van der Waals surface area contributed by atoms with E-state index in [2.05, 4.69) is 13.2 Å². The second-order valence-electron chi connectivity index (χ2n) is 7.80. The van der Waals surface area contributed by atoms with Crippen LogP contribution in [0.15, 0.2) is 47.2 Å². The van der Waals surface area contributed by atoms with E-state index in [1.165, 1.54) is 12.1 Å². The van der Waals surface area contributed by atoms with Crippen molar-refractivity contribution in [2.24, 2.45) is 0 Å². The fourth-order valence-corrected chi connectivity index (χ4v) is 5.15. The van der Waals surface area contributed by atoms with Crippen molar-refractivity contribution < 1.29 is 46.4 Å². The lowest BCUT2D eigenvalue weighted by atomic mass is 10.1. The molecule has 0 fully saturated rings. The van der Waals surface area contributed by atoms with Crippen molar-refractivity contribution in [2.45, 2.75) is 51.3 Å². The molecule has 212 valence electrons. The average Bonchev–Trinajstić information content (AvgIpc) is 2.90. The van der Waals surface area contributed by atoms with Gasteiger partial charge in [0.05, 0.1) is 26.4 Å². The van der Waals surface area contributed by atoms with E-state index >= 15 is 0 Å². The quantitative estimate of drug-likeness (QED) is 0.178. The second kappa shape index (κ2) is 13.7. The Morgan fingerprint density at radius 2 is 0.974 bits per heavy atom. The Morgan fingerprint density at radius 3 is 1.26 bits per heavy atom. The highest BCUT2D eigenvalue weighted by atomic mass is 32.2. The van der Waals surface area contributed by atoms with Gasteiger partial charge >= 0.3 is 11.9 Å². The molecular formula is C28H34O10S. The van der Waals surface area contributed by atoms with E-state index in [-0.39, 0.29) is 70.7 Å². The molecule has 0 radical (unpaired) electrons. The van der Waals surface area contributed by atoms with Crippen LogP contribution in [-0.4, -0.2) is 46.8 Å². The van der Waals surface area contributed by atoms with Gasteiger partial charge in [-0.25, -0.2) is 18.0 Å². The first-order chi connectivity index (χ1) is 18.5. The molecular weight excluding hydrogens is 528 g/mol. The zero-order chi connectivity index (χ0) is 29.3. The Bertz CT molecular complexity index is 1260. The minimum Gasteiger partial charge on any atom is -0.490 e. The SMILES string of the molecule is C=CC(=O)Oc1cc(S(=O)(=O)c2cc(OC(=O)C=C)c(C)c(OCC)c2OCC)c(OCC)c(OCC)c1C. The fourth-order valence-electron chi connectivity index (χ4n) is 3.60. The zero-order valence-electron chi connectivity index (χ0n) is 23.0. The third-order valence-electron chi connectivity index (χ3n) is 5.29. The van der Waals surface area contributed by atoms with E-state index in [0.29, 0.717) is 11.1 Å². The summed E-state index contributed by atoms with van der Waals surface area (Å²) in [5, 5.41) is 0. The standard InChI is InChI=1S/C28H34O10S/c1-9-23(29)37-19-15-21(27(35-13-5)25(17(19)7)33-11-3)39(31,32)22-16-20(38-24(30)10-2)18(8)26(34-12-4)28(22)36-14-6/h9-10,15-16H,1-2,11-14H2,3-8H3. The van der Waals surface area contributed by atoms with Gasteiger partial charge in [0.1, 0.15) is 21.3 Å². The summed E-state index contributed by atoms with van der Waals surface area (Å²) in [6, 6.07) is 2.34. The number of benzene rings is 2. The summed E-state index contributed by atoms with van der Waals surface area (Å²) in [6.07, 6.45) is 1.90. The molecule has 11 heteroatoms. The second-order valence-corrected chi connectivity index (χ2v) is 9.68. The van der Waals surface area contributed by atoms with E-state index in [1.807, 2.05) is 0 Å². The molecule has 0 N–H and O–H groups in total. The topological polar surface area (TPSA) is 124 Å². The van der Waals surface area contributed by atoms with Gasteiger partial charge in [-0.3, -0.25) is 0 Å². The monoisotopic (exact) mass is 562 g/mol. The van der Waals surface area contributed by atoms with Crippen molar-refractivity contribution in [1.29, 1.82) is 0 Å². The molecule has 0 unspecified atom stereocenters. The lowest BCUT2D eigenvalue weighted by Gasteiger charge is -2.22. The number of hydrogen-bond acceptors (Lipinski definition) is 10. The third-order valence-corrected chi connectivity index (χ3v) is 7.06. The number of ether oxygens (including phenoxy) is 6. The summed E-state index contributed by atoms with van der Waals surface area (Å²) < 4.78 is 62.5. The Kier molecular flexibility index (Phi) is 11.0. The molecule has 10 nitrogen and oxygen atoms in total. The number of sulfone groups is 1. The summed E-state index contributed by atoms with van der Waals surface area (Å²) in [5.41, 5.74) is 0.693. The highest BCUT2D eigenvalue weighted by Crippen LogP contribution is 2.49. The van der Waals surface area contributed by atoms with E-state index in [4.69, 9.17) is 28.4 Å². The van der Waals surface area contributed by atoms with Crippen LogP contribution in [-0.2, 0) is 19.4 Å². The van der Waals surface area contributed by atoms with E-state index < -0.39 is 21.8 Å². The molecule has 0 bridgehead atoms. The van der Waals surface area contributed by atoms with E-state index in [0.717, 1.165) is 12.2 Å². The van der Waals surface area contributed by atoms with Crippen LogP contribution in [0.1, 0.15) is 38.8 Å². The van der Waals surface area contributed by atoms with Gasteiger partial charge < -0.3 is 28.4 Å². The van der Waals surface area contributed by atoms with Gasteiger partial charge in [0.15, 0.2) is 23.0 Å². The first-order valence-electron chi connectivity index (χ1n) is 12.3. The van der Waals surface area contributed by atoms with Crippen molar-refractivity contribution in [2.75, 3.05) is 26.4 Å². The van der Waals surface area contributed by atoms with Crippen LogP contribution in [0.25, 0.3) is 0 Å². The summed E-state index contributed by atoms with van der Waals surface area (Å²) in [4.78, 5) is 23.4. The number of hydrogen-bond donors (Lipinski definition) is 0. The van der Waals surface area contributed by atoms with Gasteiger partial charge in [0, 0.05) is 35.4 Å². The molecule has 0 saturated heterocycles. The van der Waals surface area contributed by atoms with Crippen LogP contribution in [0.5, 0.6) is 34.5 Å². The van der Waals surface area contributed by atoms with Crippen LogP contribution in [0, 0.1) is 13.8 Å². The smallest absolute Gasteiger partial charge is 0.335 e. The maximum Gasteiger partial charge on any atom is 0.335 e. The number of carbonyl (C=O) groups excluding carboxylic acids is 2. The molecule has 0 amide bonds. The Hall–Kier alpha value is -3.99. The predicted octanol–water partition coefficient (Wildman–Crippen LogP) is 4.91. The summed E-state index contributed by atoms with van der Waals surface area (Å²) in [5.74, 6) is -1.73. The summed E-state index contributed by atoms with van der Waals surface area (Å²) >= 11 is 0. The maximum absolute atomic E-state index is 14.4. The number of esters is 2. The van der Waals surface area contributed by atoms with Crippen molar-refractivity contribution in [3.63, 3.8) is 0 Å². The van der Waals surface area contributed by atoms with Gasteiger partial charge in [-0.2, -0.15) is 0 Å². The first kappa shape index (κ1) is 31.2. The Labute approximate surface area is 229 Å². The minimum absolute atomic E-state index is 0.0706. The average molecular weight is 563 g/mol. The molecule has 0 spiro atoms. The highest BCUT2D eigenvalue weighted by Gasteiger charge is 2.35. The summed E-state index contributed by atoms with van der Waals surface area (Å²) in [7, 11) is -4.53. The maximum atomic E-state index is 14.4. The molecule has 2 aromatic carbocycles. The Morgan fingerprint density at radius 1 is 0.667 bits per heavy atom. The van der Waals surface area contributed by atoms with Gasteiger partial charge in [0.25, 0.3) is 0 Å². The van der Waals surface area contributed by atoms with Gasteiger partial charge in [0.2, 0.25) is 9.84 Å². The van der Waals surface area contributed by atoms with Crippen LogP contribution < -0.4 is 28.4 Å². The fraction of sp³-hybridized carbons (Fsp3) is 0.357. The van der Waals surface area contributed by atoms with Gasteiger partial charge in [-0.1, -0.05) is 13.2 Å². The largest absolute Gasteiger partial charge is 0.490 e. The van der Waals surface area contributed by atoms with Crippen LogP contribution in [0.2, 0.25) is 0 Å². The van der Waals surface area contributed by atoms with Crippen molar-refractivity contribution in [1.82, 2.24) is 0 Å². The predicted molar refractivity (Wildman–Crippen MR) is 144 cm³/mol. The van der Waals surface area contributed by atoms with Crippen LogP contribution in [0.3, 0.4) is 0 Å². The zero-order valence-corrected chi connectivity index (χ0v) is 23.9. The molecule has 0 heterocycles. The lowest BCUT2D eigenvalue weighted by molar-refractivity contribution is -0.129. The van der Waals surface area contributed by atoms with Crippen LogP contribution in [0.4, 0.5) is 0 Å². The molecule has 0 aliphatic rings. The normalized spacial score (nSPS) is 10.8. The van der Waals surface area contributed by atoms with Gasteiger partial charge in [-0.05, 0) is 41.5 Å². The number of rotatable bonds is 14. The molecule has 2 aromatic rings. The van der Waals surface area contributed by atoms with Crippen molar-refractivity contribution in [3.8, 4) is 34.5 Å². The molecule has 39 heavy (non-hydrogen) atoms. The van der Waals surface area contributed by atoms with Crippen molar-refractivity contribution >= 4 is 21.8 Å². The molecule has 0 atom stereocenters. The molecule has 0 saturated carbocycles. The van der Waals surface area contributed by atoms with E-state index in [9.17, 15) is 18.0 Å². The molecule has 0 aliphatic heterocycles. The highest BCUT2D eigenvalue weighted by molar-refractivity contribution is 7.91. The van der Waals surface area contributed by atoms with Crippen molar-refractivity contribution in [3.05, 3.63) is 48.6 Å². The van der Waals surface area contributed by atoms with Crippen LogP contribution >= 0.6 is 0 Å². The molecule has 0 aromatic heterocycles. The molecule has 0 aliphatic carbocycles. The summed E-state index contributed by atoms with van der Waals surface area (Å²) in [6.45, 7) is 17.3. The third kappa shape index (κ3) is 6.72. The first-order valence-corrected chi connectivity index (χ1v) is 13.8. The van der Waals surface area contributed by atoms with E-state index in [1.54, 1.807) is 41.5 Å². The molecule has 2 rings (SSSR count). The number of carbonyl (C=O) groups is 2. The minimum atomic E-state index is -4.53. The Balaban J connectivity index is 3.07. The van der Waals surface area contributed by atoms with Gasteiger partial charge in [-0.15, -0.1) is 0 Å².